The van der Waals surface area contributed by atoms with Crippen molar-refractivity contribution in [2.24, 2.45) is 0 Å². The van der Waals surface area contributed by atoms with Gasteiger partial charge in [-0.05, 0) is 23.8 Å². The maximum atomic E-state index is 13.1. The fourth-order valence-corrected chi connectivity index (χ4v) is 1.95. The summed E-state index contributed by atoms with van der Waals surface area (Å²) in [6.07, 6.45) is 1.27. The quantitative estimate of drug-likeness (QED) is 0.904. The second-order valence-corrected chi connectivity index (χ2v) is 4.56. The van der Waals surface area contributed by atoms with Crippen molar-refractivity contribution in [3.05, 3.63) is 50.7 Å². The Bertz CT molecular complexity index is 645. The van der Waals surface area contributed by atoms with Crippen LogP contribution >= 0.6 is 15.9 Å². The maximum Gasteiger partial charge on any atom is 0.295 e. The summed E-state index contributed by atoms with van der Waals surface area (Å²) in [5, 5.41) is 2.94. The Morgan fingerprint density at radius 2 is 2.32 bits per heavy atom. The zero-order chi connectivity index (χ0) is 13.8. The van der Waals surface area contributed by atoms with Crippen LogP contribution in [-0.4, -0.2) is 17.1 Å². The van der Waals surface area contributed by atoms with Crippen molar-refractivity contribution in [1.29, 1.82) is 0 Å². The molecule has 100 valence electrons. The Hall–Kier alpha value is -1.89. The first-order valence-corrected chi connectivity index (χ1v) is 6.20. The molecule has 2 N–H and O–H groups in total. The third kappa shape index (κ3) is 3.11. The third-order valence-corrected chi connectivity index (χ3v) is 3.24. The van der Waals surface area contributed by atoms with Crippen molar-refractivity contribution < 1.29 is 9.13 Å². The van der Waals surface area contributed by atoms with Crippen molar-refractivity contribution in [3.8, 4) is 5.75 Å². The van der Waals surface area contributed by atoms with Gasteiger partial charge in [-0.25, -0.2) is 9.37 Å². The third-order valence-electron chi connectivity index (χ3n) is 2.47. The summed E-state index contributed by atoms with van der Waals surface area (Å²) in [5.41, 5.74) is 0.336. The number of hydrogen-bond donors (Lipinski definition) is 2. The molecule has 0 unspecified atom stereocenters. The molecular formula is C12H11BrFN3O2. The van der Waals surface area contributed by atoms with Gasteiger partial charge < -0.3 is 15.0 Å². The summed E-state index contributed by atoms with van der Waals surface area (Å²) in [6, 6.07) is 4.38. The number of aromatic amines is 1. The molecular weight excluding hydrogens is 317 g/mol. The number of nitrogens with zero attached hydrogens (tertiary/aromatic N) is 1. The monoisotopic (exact) mass is 327 g/mol. The fraction of sp³-hybridized carbons (Fsp3) is 0.167. The van der Waals surface area contributed by atoms with E-state index in [9.17, 15) is 9.18 Å². The summed E-state index contributed by atoms with van der Waals surface area (Å²) < 4.78 is 18.9. The topological polar surface area (TPSA) is 67.0 Å². The predicted octanol–water partition coefficient (Wildman–Crippen LogP) is 2.29. The second kappa shape index (κ2) is 5.83. The minimum atomic E-state index is -0.377. The number of methoxy groups -OCH3 is 1. The van der Waals surface area contributed by atoms with Gasteiger partial charge in [-0.2, -0.15) is 0 Å². The highest BCUT2D eigenvalue weighted by Crippen LogP contribution is 2.21. The van der Waals surface area contributed by atoms with Crippen LogP contribution in [-0.2, 0) is 6.54 Å². The standard InChI is InChI=1S/C12H11BrFN3O2/c1-19-10-11(16-6-17-12(10)18)15-5-7-4-8(14)2-3-9(7)13/h2-4,6H,5H2,1H3,(H2,15,16,17,18). The van der Waals surface area contributed by atoms with Crippen molar-refractivity contribution >= 4 is 21.7 Å². The first-order chi connectivity index (χ1) is 9.11. The van der Waals surface area contributed by atoms with Gasteiger partial charge in [0.25, 0.3) is 5.56 Å². The molecule has 0 bridgehead atoms. The number of benzene rings is 1. The predicted molar refractivity (Wildman–Crippen MR) is 72.8 cm³/mol. The van der Waals surface area contributed by atoms with Gasteiger partial charge in [-0.3, -0.25) is 4.79 Å². The van der Waals surface area contributed by atoms with Crippen LogP contribution in [0.5, 0.6) is 5.75 Å². The Balaban J connectivity index is 2.21. The van der Waals surface area contributed by atoms with E-state index in [-0.39, 0.29) is 17.1 Å². The molecule has 0 aliphatic rings. The molecule has 1 aromatic heterocycles. The summed E-state index contributed by atoms with van der Waals surface area (Å²) in [7, 11) is 1.38. The van der Waals surface area contributed by atoms with E-state index in [1.165, 1.54) is 25.6 Å². The zero-order valence-corrected chi connectivity index (χ0v) is 11.6. The first kappa shape index (κ1) is 13.5. The smallest absolute Gasteiger partial charge is 0.295 e. The number of hydrogen-bond acceptors (Lipinski definition) is 4. The van der Waals surface area contributed by atoms with E-state index < -0.39 is 0 Å². The van der Waals surface area contributed by atoms with Crippen LogP contribution in [0.3, 0.4) is 0 Å². The number of H-pyrrole nitrogens is 1. The van der Waals surface area contributed by atoms with Gasteiger partial charge in [-0.15, -0.1) is 0 Å². The molecule has 0 aliphatic carbocycles. The number of aromatic nitrogens is 2. The molecule has 0 aliphatic heterocycles. The van der Waals surface area contributed by atoms with Gasteiger partial charge in [0.15, 0.2) is 5.82 Å². The minimum absolute atomic E-state index is 0.0926. The molecule has 5 nitrogen and oxygen atoms in total. The van der Waals surface area contributed by atoms with E-state index in [1.54, 1.807) is 6.07 Å². The van der Waals surface area contributed by atoms with Crippen LogP contribution in [0.1, 0.15) is 5.56 Å². The summed E-state index contributed by atoms with van der Waals surface area (Å²) >= 11 is 3.33. The maximum absolute atomic E-state index is 13.1. The average Bonchev–Trinajstić information content (AvgIpc) is 2.40. The average molecular weight is 328 g/mol. The Morgan fingerprint density at radius 1 is 1.53 bits per heavy atom. The summed E-state index contributed by atoms with van der Waals surface area (Å²) in [6.45, 7) is 0.311. The summed E-state index contributed by atoms with van der Waals surface area (Å²) in [5.74, 6) is 0.0725. The van der Waals surface area contributed by atoms with Crippen LogP contribution in [0, 0.1) is 5.82 Å². The Morgan fingerprint density at radius 3 is 3.05 bits per heavy atom. The molecule has 19 heavy (non-hydrogen) atoms. The SMILES string of the molecule is COc1c(NCc2cc(F)ccc2Br)nc[nH]c1=O. The summed E-state index contributed by atoms with van der Waals surface area (Å²) in [4.78, 5) is 17.9. The first-order valence-electron chi connectivity index (χ1n) is 5.41. The van der Waals surface area contributed by atoms with E-state index in [4.69, 9.17) is 4.74 Å². The van der Waals surface area contributed by atoms with Crippen molar-refractivity contribution in [3.63, 3.8) is 0 Å². The van der Waals surface area contributed by atoms with E-state index in [0.717, 1.165) is 4.47 Å². The molecule has 0 amide bonds. The highest BCUT2D eigenvalue weighted by Gasteiger charge is 2.09. The molecule has 0 atom stereocenters. The molecule has 1 aromatic carbocycles. The number of halogens is 2. The lowest BCUT2D eigenvalue weighted by atomic mass is 10.2. The molecule has 1 heterocycles. The lowest BCUT2D eigenvalue weighted by molar-refractivity contribution is 0.408. The van der Waals surface area contributed by atoms with Gasteiger partial charge in [0.05, 0.1) is 13.4 Å². The highest BCUT2D eigenvalue weighted by molar-refractivity contribution is 9.10. The van der Waals surface area contributed by atoms with Crippen molar-refractivity contribution in [1.82, 2.24) is 9.97 Å². The van der Waals surface area contributed by atoms with Gasteiger partial charge in [0.2, 0.25) is 5.75 Å². The normalized spacial score (nSPS) is 10.3. The Labute approximate surface area is 117 Å². The lowest BCUT2D eigenvalue weighted by Gasteiger charge is -2.10. The van der Waals surface area contributed by atoms with Crippen LogP contribution in [0.4, 0.5) is 10.2 Å². The van der Waals surface area contributed by atoms with Gasteiger partial charge >= 0.3 is 0 Å². The Kier molecular flexibility index (Phi) is 4.16. The highest BCUT2D eigenvalue weighted by atomic mass is 79.9. The van der Waals surface area contributed by atoms with E-state index in [0.29, 0.717) is 17.9 Å². The number of ether oxygens (including phenoxy) is 1. The number of rotatable bonds is 4. The molecule has 7 heteroatoms. The molecule has 2 aromatic rings. The van der Waals surface area contributed by atoms with Crippen LogP contribution in [0.25, 0.3) is 0 Å². The van der Waals surface area contributed by atoms with Gasteiger partial charge in [0.1, 0.15) is 5.82 Å². The second-order valence-electron chi connectivity index (χ2n) is 3.70. The van der Waals surface area contributed by atoms with Gasteiger partial charge in [0, 0.05) is 11.0 Å². The van der Waals surface area contributed by atoms with Crippen LogP contribution < -0.4 is 15.6 Å². The number of nitrogens with one attached hydrogen (secondary N) is 2. The minimum Gasteiger partial charge on any atom is -0.489 e. The van der Waals surface area contributed by atoms with Crippen molar-refractivity contribution in [2.45, 2.75) is 6.54 Å². The van der Waals surface area contributed by atoms with E-state index in [2.05, 4.69) is 31.2 Å². The van der Waals surface area contributed by atoms with E-state index in [1.807, 2.05) is 0 Å². The molecule has 2 rings (SSSR count). The molecule has 0 radical (unpaired) electrons. The molecule has 0 spiro atoms. The van der Waals surface area contributed by atoms with Crippen LogP contribution in [0.15, 0.2) is 33.8 Å². The zero-order valence-electron chi connectivity index (χ0n) is 10.0. The fourth-order valence-electron chi connectivity index (χ4n) is 1.56. The van der Waals surface area contributed by atoms with Gasteiger partial charge in [-0.1, -0.05) is 15.9 Å². The molecule has 0 saturated heterocycles. The van der Waals surface area contributed by atoms with E-state index >= 15 is 0 Å². The lowest BCUT2D eigenvalue weighted by Crippen LogP contribution is -2.14. The molecule has 0 saturated carbocycles. The molecule has 0 fully saturated rings. The number of anilines is 1. The largest absolute Gasteiger partial charge is 0.489 e. The van der Waals surface area contributed by atoms with Crippen molar-refractivity contribution in [2.75, 3.05) is 12.4 Å². The van der Waals surface area contributed by atoms with Crippen LogP contribution in [0.2, 0.25) is 0 Å².